The van der Waals surface area contributed by atoms with Crippen LogP contribution >= 0.6 is 0 Å². The average Bonchev–Trinajstić information content (AvgIpc) is 3.27. The van der Waals surface area contributed by atoms with Crippen LogP contribution in [0.2, 0.25) is 0 Å². The largest absolute Gasteiger partial charge is 0.352 e. The number of hydrogen-bond acceptors (Lipinski definition) is 3. The van der Waals surface area contributed by atoms with Crippen molar-refractivity contribution >= 4 is 17.5 Å². The predicted molar refractivity (Wildman–Crippen MR) is 98.7 cm³/mol. The maximum Gasteiger partial charge on any atom is 0.255 e. The van der Waals surface area contributed by atoms with Crippen LogP contribution < -0.4 is 5.32 Å². The molecule has 3 heterocycles. The summed E-state index contributed by atoms with van der Waals surface area (Å²) in [5.74, 6) is -0.442. The number of carbonyl (C=O) groups excluding carboxylic acids is 2. The molecule has 1 saturated heterocycles. The molecule has 3 aromatic rings. The molecule has 0 saturated carbocycles. The summed E-state index contributed by atoms with van der Waals surface area (Å²) in [4.78, 5) is 30.2. The third-order valence-corrected chi connectivity index (χ3v) is 4.72. The van der Waals surface area contributed by atoms with Crippen molar-refractivity contribution in [1.29, 1.82) is 0 Å². The Morgan fingerprint density at radius 3 is 2.67 bits per heavy atom. The van der Waals surface area contributed by atoms with Gasteiger partial charge in [-0.1, -0.05) is 0 Å². The number of aromatic nitrogens is 2. The molecule has 0 aliphatic carbocycles. The van der Waals surface area contributed by atoms with Gasteiger partial charge in [0.1, 0.15) is 11.5 Å². The summed E-state index contributed by atoms with van der Waals surface area (Å²) in [5.41, 5.74) is 2.80. The Morgan fingerprint density at radius 2 is 1.93 bits per heavy atom. The fraction of sp³-hybridized carbons (Fsp3) is 0.250. The third kappa shape index (κ3) is 3.53. The van der Waals surface area contributed by atoms with Crippen LogP contribution in [-0.2, 0) is 4.79 Å². The second-order valence-electron chi connectivity index (χ2n) is 6.75. The lowest BCUT2D eigenvalue weighted by atomic mass is 10.2. The Morgan fingerprint density at radius 1 is 1.15 bits per heavy atom. The number of rotatable bonds is 3. The second-order valence-corrected chi connectivity index (χ2v) is 6.75. The van der Waals surface area contributed by atoms with Gasteiger partial charge in [-0.15, -0.1) is 0 Å². The van der Waals surface area contributed by atoms with E-state index in [-0.39, 0.29) is 23.7 Å². The molecule has 4 rings (SSSR count). The number of imidazole rings is 1. The molecule has 0 spiro atoms. The molecule has 1 aromatic carbocycles. The number of pyridine rings is 1. The Hall–Kier alpha value is -3.22. The van der Waals surface area contributed by atoms with Crippen LogP contribution in [-0.4, -0.2) is 45.2 Å². The summed E-state index contributed by atoms with van der Waals surface area (Å²) in [7, 11) is 0. The van der Waals surface area contributed by atoms with Crippen molar-refractivity contribution in [3.8, 4) is 11.3 Å². The summed E-state index contributed by atoms with van der Waals surface area (Å²) >= 11 is 0. The zero-order valence-electron chi connectivity index (χ0n) is 14.9. The number of halogens is 1. The van der Waals surface area contributed by atoms with Gasteiger partial charge in [0.05, 0.1) is 11.3 Å². The molecule has 7 heteroatoms. The van der Waals surface area contributed by atoms with E-state index >= 15 is 0 Å². The van der Waals surface area contributed by atoms with E-state index in [9.17, 15) is 14.0 Å². The number of carbonyl (C=O) groups is 2. The molecule has 138 valence electrons. The summed E-state index contributed by atoms with van der Waals surface area (Å²) < 4.78 is 14.9. The van der Waals surface area contributed by atoms with E-state index in [1.54, 1.807) is 39.8 Å². The van der Waals surface area contributed by atoms with E-state index in [0.717, 1.165) is 12.0 Å². The summed E-state index contributed by atoms with van der Waals surface area (Å²) in [5, 5.41) is 2.86. The first kappa shape index (κ1) is 17.2. The zero-order valence-corrected chi connectivity index (χ0v) is 14.9. The van der Waals surface area contributed by atoms with Gasteiger partial charge >= 0.3 is 0 Å². The number of amides is 2. The molecular weight excluding hydrogens is 347 g/mol. The first-order valence-corrected chi connectivity index (χ1v) is 8.81. The highest BCUT2D eigenvalue weighted by molar-refractivity contribution is 5.94. The molecule has 1 fully saturated rings. The molecule has 1 unspecified atom stereocenters. The number of hydrogen-bond donors (Lipinski definition) is 1. The quantitative estimate of drug-likeness (QED) is 0.774. The average molecular weight is 366 g/mol. The van der Waals surface area contributed by atoms with Gasteiger partial charge in [-0.3, -0.25) is 9.59 Å². The van der Waals surface area contributed by atoms with Crippen LogP contribution in [0.25, 0.3) is 16.9 Å². The maximum absolute atomic E-state index is 13.1. The van der Waals surface area contributed by atoms with Gasteiger partial charge in [0.15, 0.2) is 0 Å². The van der Waals surface area contributed by atoms with E-state index in [0.29, 0.717) is 30.0 Å². The lowest BCUT2D eigenvalue weighted by Crippen LogP contribution is -2.37. The topological polar surface area (TPSA) is 66.7 Å². The molecule has 2 amide bonds. The number of nitrogens with zero attached hydrogens (tertiary/aromatic N) is 3. The molecule has 1 aliphatic rings. The first-order chi connectivity index (χ1) is 13.0. The van der Waals surface area contributed by atoms with Crippen LogP contribution in [0.5, 0.6) is 0 Å². The Balaban J connectivity index is 1.55. The molecule has 0 radical (unpaired) electrons. The number of fused-ring (bicyclic) bond motifs is 1. The fourth-order valence-electron chi connectivity index (χ4n) is 3.41. The van der Waals surface area contributed by atoms with Crippen LogP contribution in [0.15, 0.2) is 48.8 Å². The minimum atomic E-state index is -0.293. The van der Waals surface area contributed by atoms with Gasteiger partial charge in [0.2, 0.25) is 5.91 Å². The number of likely N-dealkylation sites (tertiary alicyclic amines) is 1. The Labute approximate surface area is 155 Å². The van der Waals surface area contributed by atoms with Crippen molar-refractivity contribution in [1.82, 2.24) is 19.6 Å². The molecule has 1 aliphatic heterocycles. The summed E-state index contributed by atoms with van der Waals surface area (Å²) in [6, 6.07) is 9.70. The van der Waals surface area contributed by atoms with E-state index in [1.807, 2.05) is 6.20 Å². The van der Waals surface area contributed by atoms with Gasteiger partial charge in [0, 0.05) is 44.0 Å². The predicted octanol–water partition coefficient (Wildman–Crippen LogP) is 2.49. The maximum atomic E-state index is 13.1. The van der Waals surface area contributed by atoms with Crippen molar-refractivity contribution in [2.24, 2.45) is 0 Å². The van der Waals surface area contributed by atoms with Gasteiger partial charge in [-0.2, -0.15) is 0 Å². The Kier molecular flexibility index (Phi) is 4.35. The van der Waals surface area contributed by atoms with E-state index in [4.69, 9.17) is 0 Å². The van der Waals surface area contributed by atoms with E-state index < -0.39 is 0 Å². The first-order valence-electron chi connectivity index (χ1n) is 8.81. The monoisotopic (exact) mass is 366 g/mol. The molecule has 27 heavy (non-hydrogen) atoms. The van der Waals surface area contributed by atoms with Gasteiger partial charge in [0.25, 0.3) is 5.91 Å². The van der Waals surface area contributed by atoms with E-state index in [1.165, 1.54) is 19.1 Å². The smallest absolute Gasteiger partial charge is 0.255 e. The molecule has 1 atom stereocenters. The van der Waals surface area contributed by atoms with Crippen LogP contribution in [0, 0.1) is 5.82 Å². The molecule has 1 N–H and O–H groups in total. The SMILES string of the molecule is CC(=O)NC1CCN(C(=O)c2ccc3nc(-c4ccc(F)cc4)cn3c2)C1. The van der Waals surface area contributed by atoms with Crippen molar-refractivity contribution < 1.29 is 14.0 Å². The van der Waals surface area contributed by atoms with Gasteiger partial charge in [-0.25, -0.2) is 9.37 Å². The highest BCUT2D eigenvalue weighted by Gasteiger charge is 2.27. The highest BCUT2D eigenvalue weighted by atomic mass is 19.1. The van der Waals surface area contributed by atoms with Gasteiger partial charge in [-0.05, 0) is 42.8 Å². The molecule has 0 bridgehead atoms. The molecule has 2 aromatic heterocycles. The highest BCUT2D eigenvalue weighted by Crippen LogP contribution is 2.21. The zero-order chi connectivity index (χ0) is 19.0. The second kappa shape index (κ2) is 6.83. The standard InChI is InChI=1S/C20H19FN4O2/c1-13(26)22-17-8-9-24(11-17)20(27)15-4-7-19-23-18(12-25(19)10-15)14-2-5-16(21)6-3-14/h2-7,10,12,17H,8-9,11H2,1H3,(H,22,26). The minimum Gasteiger partial charge on any atom is -0.352 e. The minimum absolute atomic E-state index is 0.00787. The Bertz CT molecular complexity index is 1010. The summed E-state index contributed by atoms with van der Waals surface area (Å²) in [6.07, 6.45) is 4.33. The summed E-state index contributed by atoms with van der Waals surface area (Å²) in [6.45, 7) is 2.62. The third-order valence-electron chi connectivity index (χ3n) is 4.72. The lowest BCUT2D eigenvalue weighted by molar-refractivity contribution is -0.119. The molecule has 6 nitrogen and oxygen atoms in total. The van der Waals surface area contributed by atoms with Crippen LogP contribution in [0.1, 0.15) is 23.7 Å². The number of nitrogens with one attached hydrogen (secondary N) is 1. The lowest BCUT2D eigenvalue weighted by Gasteiger charge is -2.17. The van der Waals surface area contributed by atoms with Crippen molar-refractivity contribution in [2.45, 2.75) is 19.4 Å². The number of benzene rings is 1. The normalized spacial score (nSPS) is 16.7. The van der Waals surface area contributed by atoms with Gasteiger partial charge < -0.3 is 14.6 Å². The van der Waals surface area contributed by atoms with E-state index in [2.05, 4.69) is 10.3 Å². The fourth-order valence-corrected chi connectivity index (χ4v) is 3.41. The van der Waals surface area contributed by atoms with Crippen molar-refractivity contribution in [3.63, 3.8) is 0 Å². The van der Waals surface area contributed by atoms with Crippen molar-refractivity contribution in [2.75, 3.05) is 13.1 Å². The van der Waals surface area contributed by atoms with Crippen LogP contribution in [0.3, 0.4) is 0 Å². The van der Waals surface area contributed by atoms with Crippen LogP contribution in [0.4, 0.5) is 4.39 Å². The molecular formula is C20H19FN4O2. The van der Waals surface area contributed by atoms with Crippen molar-refractivity contribution in [3.05, 3.63) is 60.2 Å².